The van der Waals surface area contributed by atoms with Crippen molar-refractivity contribution in [2.24, 2.45) is 5.84 Å². The number of nitrogens with zero attached hydrogens (tertiary/aromatic N) is 3. The van der Waals surface area contributed by atoms with Crippen LogP contribution >= 0.6 is 0 Å². The van der Waals surface area contributed by atoms with Gasteiger partial charge in [-0.25, -0.2) is 15.8 Å². The molecule has 2 rings (SSSR count). The maximum absolute atomic E-state index is 5.63. The lowest BCUT2D eigenvalue weighted by molar-refractivity contribution is 0.543. The quantitative estimate of drug-likeness (QED) is 0.642. The van der Waals surface area contributed by atoms with E-state index in [2.05, 4.69) is 36.1 Å². The summed E-state index contributed by atoms with van der Waals surface area (Å²) >= 11 is 0. The molecule has 1 saturated heterocycles. The molecule has 0 spiro atoms. The minimum absolute atomic E-state index is 0.0834. The molecule has 3 N–H and O–H groups in total. The van der Waals surface area contributed by atoms with Gasteiger partial charge in [0.2, 0.25) is 0 Å². The highest BCUT2D eigenvalue weighted by molar-refractivity contribution is 5.58. The second kappa shape index (κ2) is 5.95. The zero-order valence-corrected chi connectivity index (χ0v) is 13.2. The average Bonchev–Trinajstić information content (AvgIpc) is 2.66. The second-order valence-corrected chi connectivity index (χ2v) is 6.64. The van der Waals surface area contributed by atoms with E-state index in [0.717, 1.165) is 36.1 Å². The monoisotopic (exact) mass is 277 g/mol. The molecular weight excluding hydrogens is 250 g/mol. The van der Waals surface area contributed by atoms with E-state index in [9.17, 15) is 0 Å². The number of aromatic nitrogens is 2. The number of nitrogen functional groups attached to an aromatic ring is 1. The smallest absolute Gasteiger partial charge is 0.148 e. The van der Waals surface area contributed by atoms with Gasteiger partial charge < -0.3 is 10.3 Å². The molecule has 1 aliphatic rings. The molecule has 1 aliphatic heterocycles. The topological polar surface area (TPSA) is 67.1 Å². The molecule has 0 aliphatic carbocycles. The Morgan fingerprint density at radius 2 is 1.65 bits per heavy atom. The lowest BCUT2D eigenvalue weighted by Gasteiger charge is -2.27. The van der Waals surface area contributed by atoms with E-state index in [1.807, 2.05) is 6.92 Å². The fourth-order valence-corrected chi connectivity index (χ4v) is 2.57. The zero-order valence-electron chi connectivity index (χ0n) is 13.2. The first-order valence-corrected chi connectivity index (χ1v) is 7.54. The summed E-state index contributed by atoms with van der Waals surface area (Å²) in [4.78, 5) is 11.8. The largest absolute Gasteiger partial charge is 0.356 e. The molecule has 0 amide bonds. The van der Waals surface area contributed by atoms with Gasteiger partial charge in [0, 0.05) is 24.1 Å². The number of hydrogen-bond acceptors (Lipinski definition) is 5. The lowest BCUT2D eigenvalue weighted by Crippen LogP contribution is -2.29. The van der Waals surface area contributed by atoms with Crippen LogP contribution < -0.4 is 16.2 Å². The molecular formula is C15H27N5. The summed E-state index contributed by atoms with van der Waals surface area (Å²) in [5.41, 5.74) is 3.69. The molecule has 1 aromatic heterocycles. The molecule has 2 heterocycles. The summed E-state index contributed by atoms with van der Waals surface area (Å²) in [5, 5.41) is 0. The van der Waals surface area contributed by atoms with Crippen molar-refractivity contribution in [1.29, 1.82) is 0 Å². The number of rotatable bonds is 2. The molecule has 0 atom stereocenters. The minimum Gasteiger partial charge on any atom is -0.356 e. The Hall–Kier alpha value is -1.36. The normalized spacial score (nSPS) is 16.9. The zero-order chi connectivity index (χ0) is 14.8. The van der Waals surface area contributed by atoms with Gasteiger partial charge in [-0.2, -0.15) is 0 Å². The van der Waals surface area contributed by atoms with Gasteiger partial charge in [0.05, 0.1) is 0 Å². The second-order valence-electron chi connectivity index (χ2n) is 6.64. The van der Waals surface area contributed by atoms with E-state index in [1.165, 1.54) is 25.7 Å². The highest BCUT2D eigenvalue weighted by Gasteiger charge is 2.23. The van der Waals surface area contributed by atoms with Gasteiger partial charge in [-0.3, -0.25) is 0 Å². The highest BCUT2D eigenvalue weighted by Crippen LogP contribution is 2.29. The van der Waals surface area contributed by atoms with Crippen LogP contribution in [0.2, 0.25) is 0 Å². The van der Waals surface area contributed by atoms with Crippen molar-refractivity contribution in [2.45, 2.75) is 58.8 Å². The van der Waals surface area contributed by atoms with E-state index in [0.29, 0.717) is 0 Å². The first-order valence-electron chi connectivity index (χ1n) is 7.54. The SMILES string of the molecule is Cc1c(NN)nc(C(C)(C)C)nc1N1CCCCCC1. The van der Waals surface area contributed by atoms with Crippen LogP contribution in [0.25, 0.3) is 0 Å². The highest BCUT2D eigenvalue weighted by atomic mass is 15.3. The Morgan fingerprint density at radius 1 is 1.05 bits per heavy atom. The van der Waals surface area contributed by atoms with Gasteiger partial charge in [0.25, 0.3) is 0 Å². The number of hydrazine groups is 1. The average molecular weight is 277 g/mol. The Morgan fingerprint density at radius 3 is 2.15 bits per heavy atom. The van der Waals surface area contributed by atoms with Crippen LogP contribution in [0.3, 0.4) is 0 Å². The maximum Gasteiger partial charge on any atom is 0.148 e. The first kappa shape index (κ1) is 15.0. The molecule has 5 heteroatoms. The fourth-order valence-electron chi connectivity index (χ4n) is 2.57. The van der Waals surface area contributed by atoms with Crippen LogP contribution in [-0.2, 0) is 5.41 Å². The molecule has 0 saturated carbocycles. The van der Waals surface area contributed by atoms with Crippen LogP contribution in [0.1, 0.15) is 57.8 Å². The molecule has 0 aromatic carbocycles. The van der Waals surface area contributed by atoms with Crippen molar-refractivity contribution in [2.75, 3.05) is 23.4 Å². The summed E-state index contributed by atoms with van der Waals surface area (Å²) < 4.78 is 0. The summed E-state index contributed by atoms with van der Waals surface area (Å²) in [6, 6.07) is 0. The third kappa shape index (κ3) is 3.20. The number of nitrogens with one attached hydrogen (secondary N) is 1. The van der Waals surface area contributed by atoms with E-state index >= 15 is 0 Å². The third-order valence-electron chi connectivity index (χ3n) is 3.83. The van der Waals surface area contributed by atoms with Crippen LogP contribution in [0, 0.1) is 6.92 Å². The molecule has 0 radical (unpaired) electrons. The van der Waals surface area contributed by atoms with Crippen molar-refractivity contribution in [3.8, 4) is 0 Å². The number of anilines is 2. The predicted octanol–water partition coefficient (Wildman–Crippen LogP) is 2.75. The van der Waals surface area contributed by atoms with Gasteiger partial charge in [-0.15, -0.1) is 0 Å². The summed E-state index contributed by atoms with van der Waals surface area (Å²) in [5.74, 6) is 8.26. The number of nitrogens with two attached hydrogens (primary N) is 1. The minimum atomic E-state index is -0.0834. The molecule has 1 fully saturated rings. The molecule has 0 bridgehead atoms. The Labute approximate surface area is 121 Å². The Balaban J connectivity index is 2.44. The van der Waals surface area contributed by atoms with Gasteiger partial charge in [-0.05, 0) is 19.8 Å². The van der Waals surface area contributed by atoms with Gasteiger partial charge in [0.15, 0.2) is 0 Å². The van der Waals surface area contributed by atoms with E-state index in [-0.39, 0.29) is 5.41 Å². The third-order valence-corrected chi connectivity index (χ3v) is 3.83. The van der Waals surface area contributed by atoms with Crippen molar-refractivity contribution in [3.05, 3.63) is 11.4 Å². The Kier molecular flexibility index (Phi) is 4.48. The van der Waals surface area contributed by atoms with Gasteiger partial charge in [-0.1, -0.05) is 33.6 Å². The van der Waals surface area contributed by atoms with Crippen LogP contribution in [0.15, 0.2) is 0 Å². The molecule has 0 unspecified atom stereocenters. The van der Waals surface area contributed by atoms with Crippen molar-refractivity contribution < 1.29 is 0 Å². The first-order chi connectivity index (χ1) is 9.43. The summed E-state index contributed by atoms with van der Waals surface area (Å²) in [6.07, 6.45) is 5.10. The van der Waals surface area contributed by atoms with Gasteiger partial charge in [0.1, 0.15) is 17.5 Å². The van der Waals surface area contributed by atoms with E-state index < -0.39 is 0 Å². The molecule has 20 heavy (non-hydrogen) atoms. The predicted molar refractivity (Wildman–Crippen MR) is 84.0 cm³/mol. The van der Waals surface area contributed by atoms with Crippen LogP contribution in [-0.4, -0.2) is 23.1 Å². The van der Waals surface area contributed by atoms with Crippen molar-refractivity contribution in [3.63, 3.8) is 0 Å². The van der Waals surface area contributed by atoms with E-state index in [4.69, 9.17) is 10.8 Å². The van der Waals surface area contributed by atoms with Crippen LogP contribution in [0.4, 0.5) is 11.6 Å². The standard InChI is InChI=1S/C15H27N5/c1-11-12(19-16)17-14(15(2,3)4)18-13(11)20-9-7-5-6-8-10-20/h5-10,16H2,1-4H3,(H,17,18,19). The Bertz CT molecular complexity index is 456. The molecule has 1 aromatic rings. The van der Waals surface area contributed by atoms with E-state index in [1.54, 1.807) is 0 Å². The fraction of sp³-hybridized carbons (Fsp3) is 0.733. The molecule has 112 valence electrons. The summed E-state index contributed by atoms with van der Waals surface area (Å²) in [6.45, 7) is 10.6. The van der Waals surface area contributed by atoms with Crippen molar-refractivity contribution >= 4 is 11.6 Å². The number of hydrogen-bond donors (Lipinski definition) is 2. The maximum atomic E-state index is 5.63. The lowest BCUT2D eigenvalue weighted by atomic mass is 9.95. The van der Waals surface area contributed by atoms with Gasteiger partial charge >= 0.3 is 0 Å². The molecule has 5 nitrogen and oxygen atoms in total. The summed E-state index contributed by atoms with van der Waals surface area (Å²) in [7, 11) is 0. The van der Waals surface area contributed by atoms with Crippen molar-refractivity contribution in [1.82, 2.24) is 9.97 Å². The van der Waals surface area contributed by atoms with Crippen LogP contribution in [0.5, 0.6) is 0 Å².